The van der Waals surface area contributed by atoms with Gasteiger partial charge in [-0.15, -0.1) is 0 Å². The van der Waals surface area contributed by atoms with Crippen LogP contribution < -0.4 is 0 Å². The van der Waals surface area contributed by atoms with Crippen molar-refractivity contribution in [1.29, 1.82) is 0 Å². The Morgan fingerprint density at radius 1 is 1.35 bits per heavy atom. The molecule has 0 unspecified atom stereocenters. The zero-order valence-corrected chi connectivity index (χ0v) is 10.2. The third kappa shape index (κ3) is 4.70. The number of likely N-dealkylation sites (tertiary alicyclic amines) is 1. The second kappa shape index (κ2) is 5.46. The minimum atomic E-state index is -1.52. The summed E-state index contributed by atoms with van der Waals surface area (Å²) in [5.74, 6) is -2.99. The molecule has 0 spiro atoms. The predicted octanol–water partition coefficient (Wildman–Crippen LogP) is 0.197. The van der Waals surface area contributed by atoms with Gasteiger partial charge < -0.3 is 19.8 Å². The molecule has 1 heterocycles. The zero-order chi connectivity index (χ0) is 13.1. The van der Waals surface area contributed by atoms with Crippen LogP contribution in [-0.2, 0) is 14.3 Å². The smallest absolute Gasteiger partial charge is 0.306 e. The average Bonchev–Trinajstić information content (AvgIpc) is 2.65. The Labute approximate surface area is 100 Å². The molecule has 1 rings (SSSR count). The van der Waals surface area contributed by atoms with Crippen molar-refractivity contribution >= 4 is 11.9 Å². The molecule has 0 aromatic rings. The Balaban J connectivity index is 2.67. The van der Waals surface area contributed by atoms with Crippen molar-refractivity contribution in [3.8, 4) is 0 Å². The number of nitrogens with zero attached hydrogens (tertiary/aromatic N) is 1. The van der Waals surface area contributed by atoms with Crippen LogP contribution in [0.4, 0.5) is 0 Å². The number of carboxylic acid groups (broad SMARTS) is 1. The van der Waals surface area contributed by atoms with Gasteiger partial charge in [0.25, 0.3) is 5.91 Å². The van der Waals surface area contributed by atoms with Gasteiger partial charge in [-0.05, 0) is 26.7 Å². The van der Waals surface area contributed by atoms with Crippen LogP contribution in [0.25, 0.3) is 0 Å². The Bertz CT molecular complexity index is 291. The number of carboxylic acids is 1. The number of amides is 1. The molecule has 6 heteroatoms. The summed E-state index contributed by atoms with van der Waals surface area (Å²) in [5, 5.41) is 18.2. The minimum absolute atomic E-state index is 0.355. The number of carbonyl (C=O) groups excluding carboxylic acids is 1. The molecule has 0 aliphatic carbocycles. The lowest BCUT2D eigenvalue weighted by atomic mass is 10.2. The Kier molecular flexibility index (Phi) is 4.47. The molecule has 1 aliphatic heterocycles. The van der Waals surface area contributed by atoms with E-state index in [4.69, 9.17) is 9.84 Å². The van der Waals surface area contributed by atoms with Crippen LogP contribution in [-0.4, -0.2) is 52.0 Å². The normalized spacial score (nSPS) is 18.2. The summed E-state index contributed by atoms with van der Waals surface area (Å²) >= 11 is 0. The molecule has 0 bridgehead atoms. The number of carbonyl (C=O) groups is 2. The summed E-state index contributed by atoms with van der Waals surface area (Å²) in [7, 11) is 0. The molecular weight excluding hydrogens is 226 g/mol. The van der Waals surface area contributed by atoms with Crippen LogP contribution in [0.3, 0.4) is 0 Å². The van der Waals surface area contributed by atoms with Gasteiger partial charge in [-0.1, -0.05) is 0 Å². The van der Waals surface area contributed by atoms with Gasteiger partial charge in [0.1, 0.15) is 6.10 Å². The lowest BCUT2D eigenvalue weighted by Gasteiger charge is -2.27. The van der Waals surface area contributed by atoms with E-state index in [1.165, 1.54) is 13.8 Å². The fraction of sp³-hybridized carbons (Fsp3) is 0.818. The van der Waals surface area contributed by atoms with Gasteiger partial charge in [-0.25, -0.2) is 0 Å². The van der Waals surface area contributed by atoms with E-state index in [1.54, 1.807) is 4.90 Å². The van der Waals surface area contributed by atoms with E-state index in [1.807, 2.05) is 0 Å². The standard InChI is InChI=1S/C11H19NO5/c1-11(2,16)17-8(7-9(13)14)10(15)12-5-3-4-6-12/h8,16H,3-7H2,1-2H3,(H,13,14)/t8-/m1/s1. The number of hydrogen-bond acceptors (Lipinski definition) is 4. The van der Waals surface area contributed by atoms with E-state index in [2.05, 4.69) is 0 Å². The number of aliphatic carboxylic acids is 1. The first-order valence-corrected chi connectivity index (χ1v) is 5.70. The van der Waals surface area contributed by atoms with Crippen LogP contribution in [0.1, 0.15) is 33.1 Å². The molecule has 0 saturated carbocycles. The molecular formula is C11H19NO5. The third-order valence-corrected chi connectivity index (χ3v) is 2.48. The summed E-state index contributed by atoms with van der Waals surface area (Å²) in [4.78, 5) is 24.3. The molecule has 6 nitrogen and oxygen atoms in total. The zero-order valence-electron chi connectivity index (χ0n) is 10.2. The summed E-state index contributed by atoms with van der Waals surface area (Å²) in [6.45, 7) is 4.01. The van der Waals surface area contributed by atoms with E-state index in [-0.39, 0.29) is 5.91 Å². The largest absolute Gasteiger partial charge is 0.481 e. The van der Waals surface area contributed by atoms with Crippen molar-refractivity contribution in [2.75, 3.05) is 13.1 Å². The lowest BCUT2D eigenvalue weighted by molar-refractivity contribution is -0.213. The third-order valence-electron chi connectivity index (χ3n) is 2.48. The van der Waals surface area contributed by atoms with E-state index in [9.17, 15) is 14.7 Å². The number of hydrogen-bond donors (Lipinski definition) is 2. The average molecular weight is 245 g/mol. The number of ether oxygens (including phenoxy) is 1. The first kappa shape index (κ1) is 13.9. The molecule has 0 aromatic heterocycles. The molecule has 1 aliphatic rings. The van der Waals surface area contributed by atoms with Gasteiger partial charge in [-0.2, -0.15) is 0 Å². The maximum absolute atomic E-state index is 12.0. The molecule has 1 atom stereocenters. The molecule has 0 aromatic carbocycles. The highest BCUT2D eigenvalue weighted by atomic mass is 16.6. The van der Waals surface area contributed by atoms with E-state index in [0.29, 0.717) is 13.1 Å². The van der Waals surface area contributed by atoms with Crippen LogP contribution in [0.5, 0.6) is 0 Å². The van der Waals surface area contributed by atoms with Crippen LogP contribution in [0, 0.1) is 0 Å². The summed E-state index contributed by atoms with van der Waals surface area (Å²) < 4.78 is 5.11. The number of aliphatic hydroxyl groups is 1. The number of rotatable bonds is 5. The Morgan fingerprint density at radius 2 is 1.88 bits per heavy atom. The highest BCUT2D eigenvalue weighted by Crippen LogP contribution is 2.16. The van der Waals surface area contributed by atoms with Crippen molar-refractivity contribution in [3.05, 3.63) is 0 Å². The molecule has 1 amide bonds. The highest BCUT2D eigenvalue weighted by molar-refractivity contribution is 5.85. The Morgan fingerprint density at radius 3 is 2.29 bits per heavy atom. The monoisotopic (exact) mass is 245 g/mol. The minimum Gasteiger partial charge on any atom is -0.481 e. The maximum Gasteiger partial charge on any atom is 0.306 e. The first-order valence-electron chi connectivity index (χ1n) is 5.70. The summed E-state index contributed by atoms with van der Waals surface area (Å²) in [6.07, 6.45) is 0.298. The van der Waals surface area contributed by atoms with Gasteiger partial charge in [0.05, 0.1) is 6.42 Å². The van der Waals surface area contributed by atoms with E-state index < -0.39 is 24.3 Å². The SMILES string of the molecule is CC(C)(O)O[C@H](CC(=O)O)C(=O)N1CCCC1. The fourth-order valence-electron chi connectivity index (χ4n) is 1.83. The van der Waals surface area contributed by atoms with Gasteiger partial charge in [-0.3, -0.25) is 9.59 Å². The summed E-state index contributed by atoms with van der Waals surface area (Å²) in [6, 6.07) is 0. The summed E-state index contributed by atoms with van der Waals surface area (Å²) in [5.41, 5.74) is 0. The quantitative estimate of drug-likeness (QED) is 0.675. The lowest BCUT2D eigenvalue weighted by Crippen LogP contribution is -2.44. The van der Waals surface area contributed by atoms with E-state index >= 15 is 0 Å². The van der Waals surface area contributed by atoms with Crippen molar-refractivity contribution in [1.82, 2.24) is 4.90 Å². The van der Waals surface area contributed by atoms with Crippen LogP contribution >= 0.6 is 0 Å². The van der Waals surface area contributed by atoms with Crippen LogP contribution in [0.15, 0.2) is 0 Å². The van der Waals surface area contributed by atoms with Crippen molar-refractivity contribution in [2.24, 2.45) is 0 Å². The van der Waals surface area contributed by atoms with Gasteiger partial charge in [0.15, 0.2) is 5.79 Å². The maximum atomic E-state index is 12.0. The van der Waals surface area contributed by atoms with Crippen molar-refractivity contribution < 1.29 is 24.5 Å². The van der Waals surface area contributed by atoms with Crippen molar-refractivity contribution in [2.45, 2.75) is 45.0 Å². The highest BCUT2D eigenvalue weighted by Gasteiger charge is 2.32. The molecule has 98 valence electrons. The van der Waals surface area contributed by atoms with Crippen LogP contribution in [0.2, 0.25) is 0 Å². The van der Waals surface area contributed by atoms with E-state index in [0.717, 1.165) is 12.8 Å². The van der Waals surface area contributed by atoms with Gasteiger partial charge >= 0.3 is 5.97 Å². The predicted molar refractivity (Wildman–Crippen MR) is 59.2 cm³/mol. The second-order valence-electron chi connectivity index (χ2n) is 4.68. The molecule has 2 N–H and O–H groups in total. The fourth-order valence-corrected chi connectivity index (χ4v) is 1.83. The topological polar surface area (TPSA) is 87.1 Å². The van der Waals surface area contributed by atoms with Crippen molar-refractivity contribution in [3.63, 3.8) is 0 Å². The second-order valence-corrected chi connectivity index (χ2v) is 4.68. The molecule has 1 saturated heterocycles. The molecule has 1 fully saturated rings. The molecule has 0 radical (unpaired) electrons. The van der Waals surface area contributed by atoms with Gasteiger partial charge in [0, 0.05) is 13.1 Å². The Hall–Kier alpha value is -1.14. The first-order chi connectivity index (χ1) is 7.79. The molecule has 17 heavy (non-hydrogen) atoms. The van der Waals surface area contributed by atoms with Gasteiger partial charge in [0.2, 0.25) is 0 Å².